The standard InChI is InChI=1S/C13H10FN5O3/c14-9-3-1-7(5-10(9)16-13(20)21)22-8-2-4-11-17-12(15)18-19(11)6-8/h1-6,16H,(H2,15,18)(H,20,21). The van der Waals surface area contributed by atoms with Gasteiger partial charge in [-0.05, 0) is 24.3 Å². The molecule has 1 amide bonds. The van der Waals surface area contributed by atoms with Gasteiger partial charge in [-0.1, -0.05) is 0 Å². The van der Waals surface area contributed by atoms with E-state index in [1.807, 2.05) is 5.32 Å². The van der Waals surface area contributed by atoms with Crippen LogP contribution in [-0.4, -0.2) is 25.8 Å². The summed E-state index contributed by atoms with van der Waals surface area (Å²) >= 11 is 0. The Morgan fingerprint density at radius 3 is 2.86 bits per heavy atom. The number of rotatable bonds is 3. The molecule has 0 aliphatic heterocycles. The van der Waals surface area contributed by atoms with Crippen LogP contribution in [0.25, 0.3) is 5.65 Å². The number of pyridine rings is 1. The first-order valence-electron chi connectivity index (χ1n) is 6.10. The molecule has 22 heavy (non-hydrogen) atoms. The lowest BCUT2D eigenvalue weighted by molar-refractivity contribution is 0.209. The summed E-state index contributed by atoms with van der Waals surface area (Å²) in [6, 6.07) is 7.01. The third-order valence-electron chi connectivity index (χ3n) is 2.74. The number of carbonyl (C=O) groups is 1. The minimum Gasteiger partial charge on any atom is -0.465 e. The number of halogens is 1. The van der Waals surface area contributed by atoms with E-state index in [4.69, 9.17) is 15.6 Å². The van der Waals surface area contributed by atoms with Crippen molar-refractivity contribution < 1.29 is 19.0 Å². The van der Waals surface area contributed by atoms with Crippen LogP contribution >= 0.6 is 0 Å². The molecule has 0 spiro atoms. The highest BCUT2D eigenvalue weighted by atomic mass is 19.1. The van der Waals surface area contributed by atoms with Crippen molar-refractivity contribution in [2.75, 3.05) is 11.1 Å². The molecule has 0 aliphatic rings. The van der Waals surface area contributed by atoms with E-state index in [1.165, 1.54) is 16.6 Å². The monoisotopic (exact) mass is 303 g/mol. The molecule has 0 fully saturated rings. The average molecular weight is 303 g/mol. The lowest BCUT2D eigenvalue weighted by Gasteiger charge is -2.08. The van der Waals surface area contributed by atoms with E-state index in [2.05, 4.69) is 10.1 Å². The largest absolute Gasteiger partial charge is 0.465 e. The zero-order chi connectivity index (χ0) is 15.7. The van der Waals surface area contributed by atoms with Gasteiger partial charge in [-0.15, -0.1) is 5.10 Å². The van der Waals surface area contributed by atoms with Gasteiger partial charge in [0.25, 0.3) is 0 Å². The van der Waals surface area contributed by atoms with Gasteiger partial charge in [-0.25, -0.2) is 13.7 Å². The maximum absolute atomic E-state index is 13.5. The van der Waals surface area contributed by atoms with Crippen molar-refractivity contribution >= 4 is 23.4 Å². The van der Waals surface area contributed by atoms with Gasteiger partial charge in [0.15, 0.2) is 5.65 Å². The van der Waals surface area contributed by atoms with Crippen LogP contribution in [0.1, 0.15) is 0 Å². The number of nitrogens with one attached hydrogen (secondary N) is 1. The lowest BCUT2D eigenvalue weighted by atomic mass is 10.3. The summed E-state index contributed by atoms with van der Waals surface area (Å²) in [4.78, 5) is 14.6. The van der Waals surface area contributed by atoms with Crippen LogP contribution < -0.4 is 15.8 Å². The fraction of sp³-hybridized carbons (Fsp3) is 0. The molecule has 2 heterocycles. The van der Waals surface area contributed by atoms with Crippen molar-refractivity contribution in [1.82, 2.24) is 14.6 Å². The summed E-state index contributed by atoms with van der Waals surface area (Å²) in [5, 5.41) is 14.5. The molecule has 112 valence electrons. The summed E-state index contributed by atoms with van der Waals surface area (Å²) in [5.74, 6) is 0.101. The first kappa shape index (κ1) is 13.6. The number of benzene rings is 1. The fourth-order valence-corrected chi connectivity index (χ4v) is 1.86. The Morgan fingerprint density at radius 1 is 1.32 bits per heavy atom. The minimum absolute atomic E-state index is 0.131. The smallest absolute Gasteiger partial charge is 0.409 e. The number of nitrogen functional groups attached to an aromatic ring is 1. The molecule has 0 saturated carbocycles. The van der Waals surface area contributed by atoms with Crippen molar-refractivity contribution in [3.05, 3.63) is 42.3 Å². The summed E-state index contributed by atoms with van der Waals surface area (Å²) < 4.78 is 20.4. The van der Waals surface area contributed by atoms with Crippen LogP contribution in [-0.2, 0) is 0 Å². The highest BCUT2D eigenvalue weighted by Crippen LogP contribution is 2.26. The number of carboxylic acid groups (broad SMARTS) is 1. The number of nitrogens with two attached hydrogens (primary N) is 1. The van der Waals surface area contributed by atoms with Crippen molar-refractivity contribution in [2.45, 2.75) is 0 Å². The minimum atomic E-state index is -1.37. The summed E-state index contributed by atoms with van der Waals surface area (Å²) in [7, 11) is 0. The molecule has 4 N–H and O–H groups in total. The number of fused-ring (bicyclic) bond motifs is 1. The second-order valence-corrected chi connectivity index (χ2v) is 4.31. The van der Waals surface area contributed by atoms with E-state index in [0.717, 1.165) is 6.07 Å². The Bertz CT molecular complexity index is 864. The highest BCUT2D eigenvalue weighted by Gasteiger charge is 2.08. The maximum Gasteiger partial charge on any atom is 0.409 e. The highest BCUT2D eigenvalue weighted by molar-refractivity contribution is 5.83. The number of ether oxygens (including phenoxy) is 1. The van der Waals surface area contributed by atoms with E-state index < -0.39 is 11.9 Å². The summed E-state index contributed by atoms with van der Waals surface area (Å²) in [6.07, 6.45) is 0.183. The predicted octanol–water partition coefficient (Wildman–Crippen LogP) is 2.33. The molecule has 9 heteroatoms. The average Bonchev–Trinajstić information content (AvgIpc) is 2.81. The Morgan fingerprint density at radius 2 is 2.09 bits per heavy atom. The van der Waals surface area contributed by atoms with Crippen LogP contribution in [0, 0.1) is 5.82 Å². The van der Waals surface area contributed by atoms with E-state index in [0.29, 0.717) is 11.4 Å². The molecule has 0 unspecified atom stereocenters. The number of hydrogen-bond acceptors (Lipinski definition) is 5. The third-order valence-corrected chi connectivity index (χ3v) is 2.74. The summed E-state index contributed by atoms with van der Waals surface area (Å²) in [6.45, 7) is 0. The molecule has 3 rings (SSSR count). The van der Waals surface area contributed by atoms with Gasteiger partial charge in [-0.2, -0.15) is 4.98 Å². The number of hydrogen-bond donors (Lipinski definition) is 3. The van der Waals surface area contributed by atoms with Gasteiger partial charge in [-0.3, -0.25) is 5.32 Å². The molecule has 2 aromatic heterocycles. The second-order valence-electron chi connectivity index (χ2n) is 4.31. The first-order valence-corrected chi connectivity index (χ1v) is 6.10. The molecule has 0 radical (unpaired) electrons. The third kappa shape index (κ3) is 2.73. The summed E-state index contributed by atoms with van der Waals surface area (Å²) in [5.41, 5.74) is 5.84. The molecule has 0 atom stereocenters. The quantitative estimate of drug-likeness (QED) is 0.684. The molecule has 0 bridgehead atoms. The molecule has 0 saturated heterocycles. The molecule has 1 aromatic carbocycles. The normalized spacial score (nSPS) is 10.6. The zero-order valence-corrected chi connectivity index (χ0v) is 11.0. The van der Waals surface area contributed by atoms with Gasteiger partial charge < -0.3 is 15.6 Å². The lowest BCUT2D eigenvalue weighted by Crippen LogP contribution is -2.08. The van der Waals surface area contributed by atoms with Crippen molar-refractivity contribution in [2.24, 2.45) is 0 Å². The van der Waals surface area contributed by atoms with E-state index in [-0.39, 0.29) is 17.4 Å². The van der Waals surface area contributed by atoms with Crippen LogP contribution in [0.2, 0.25) is 0 Å². The van der Waals surface area contributed by atoms with Crippen molar-refractivity contribution in [3.63, 3.8) is 0 Å². The van der Waals surface area contributed by atoms with E-state index >= 15 is 0 Å². The van der Waals surface area contributed by atoms with Gasteiger partial charge in [0.05, 0.1) is 11.9 Å². The molecular weight excluding hydrogens is 293 g/mol. The van der Waals surface area contributed by atoms with Crippen LogP contribution in [0.3, 0.4) is 0 Å². The number of anilines is 2. The Kier molecular flexibility index (Phi) is 3.22. The van der Waals surface area contributed by atoms with Crippen molar-refractivity contribution in [3.8, 4) is 11.5 Å². The van der Waals surface area contributed by atoms with E-state index in [9.17, 15) is 9.18 Å². The number of nitrogens with zero attached hydrogens (tertiary/aromatic N) is 3. The van der Waals surface area contributed by atoms with Crippen LogP contribution in [0.5, 0.6) is 11.5 Å². The van der Waals surface area contributed by atoms with Crippen LogP contribution in [0.4, 0.5) is 20.8 Å². The molecule has 0 aliphatic carbocycles. The Labute approximate surface area is 123 Å². The Hall–Kier alpha value is -3.36. The number of aromatic nitrogens is 3. The van der Waals surface area contributed by atoms with Gasteiger partial charge in [0, 0.05) is 6.07 Å². The van der Waals surface area contributed by atoms with Gasteiger partial charge in [0.2, 0.25) is 5.95 Å². The predicted molar refractivity (Wildman–Crippen MR) is 75.5 cm³/mol. The zero-order valence-electron chi connectivity index (χ0n) is 11.0. The molecule has 8 nitrogen and oxygen atoms in total. The SMILES string of the molecule is Nc1nc2ccc(Oc3ccc(F)c(NC(=O)O)c3)cn2n1. The Balaban J connectivity index is 1.88. The van der Waals surface area contributed by atoms with E-state index in [1.54, 1.807) is 18.3 Å². The second kappa shape index (κ2) is 5.20. The first-order chi connectivity index (χ1) is 10.5. The molecule has 3 aromatic rings. The number of amides is 1. The maximum atomic E-state index is 13.5. The van der Waals surface area contributed by atoms with Crippen molar-refractivity contribution in [1.29, 1.82) is 0 Å². The fourth-order valence-electron chi connectivity index (χ4n) is 1.86. The van der Waals surface area contributed by atoms with Gasteiger partial charge in [0.1, 0.15) is 17.3 Å². The van der Waals surface area contributed by atoms with Crippen LogP contribution in [0.15, 0.2) is 36.5 Å². The topological polar surface area (TPSA) is 115 Å². The van der Waals surface area contributed by atoms with Gasteiger partial charge >= 0.3 is 6.09 Å². The molecular formula is C13H10FN5O3.